The zero-order valence-electron chi connectivity index (χ0n) is 9.00. The topological polar surface area (TPSA) is 26.3 Å². The molecule has 82 valence electrons. The van der Waals surface area contributed by atoms with Crippen molar-refractivity contribution >= 4 is 28.6 Å². The molecule has 0 saturated heterocycles. The molecular weight excluding hydrogens is 303 g/mol. The van der Waals surface area contributed by atoms with Crippen LogP contribution >= 0.6 is 22.6 Å². The number of rotatable bonds is 4. The van der Waals surface area contributed by atoms with E-state index in [4.69, 9.17) is 4.74 Å². The first-order valence-corrected chi connectivity index (χ1v) is 6.06. The molecule has 3 heteroatoms. The average Bonchev–Trinajstić information content (AvgIpc) is 2.16. The maximum absolute atomic E-state index is 11.3. The minimum Gasteiger partial charge on any atom is -0.461 e. The van der Waals surface area contributed by atoms with Gasteiger partial charge in [-0.15, -0.1) is 0 Å². The van der Waals surface area contributed by atoms with E-state index in [1.54, 1.807) is 0 Å². The van der Waals surface area contributed by atoms with Crippen molar-refractivity contribution in [3.05, 3.63) is 33.4 Å². The Morgan fingerprint density at radius 2 is 1.93 bits per heavy atom. The lowest BCUT2D eigenvalue weighted by Gasteiger charge is -2.06. The predicted octanol–water partition coefficient (Wildman–Crippen LogP) is 3.38. The third-order valence-corrected chi connectivity index (χ3v) is 2.61. The van der Waals surface area contributed by atoms with Crippen LogP contribution < -0.4 is 0 Å². The van der Waals surface area contributed by atoms with Crippen molar-refractivity contribution in [1.29, 1.82) is 0 Å². The Morgan fingerprint density at radius 1 is 1.33 bits per heavy atom. The number of carbonyl (C=O) groups is 1. The van der Waals surface area contributed by atoms with Crippen LogP contribution in [0.3, 0.4) is 0 Å². The van der Waals surface area contributed by atoms with Gasteiger partial charge >= 0.3 is 5.97 Å². The van der Waals surface area contributed by atoms with Gasteiger partial charge in [0.25, 0.3) is 0 Å². The maximum Gasteiger partial charge on any atom is 0.306 e. The van der Waals surface area contributed by atoms with Gasteiger partial charge in [-0.1, -0.05) is 26.0 Å². The Bertz CT molecular complexity index is 317. The molecule has 0 aromatic heterocycles. The van der Waals surface area contributed by atoms with Crippen molar-refractivity contribution in [3.63, 3.8) is 0 Å². The fourth-order valence-electron chi connectivity index (χ4n) is 1.14. The molecule has 1 aromatic carbocycles. The van der Waals surface area contributed by atoms with Crippen LogP contribution in [0, 0.1) is 9.49 Å². The van der Waals surface area contributed by atoms with Gasteiger partial charge < -0.3 is 4.74 Å². The van der Waals surface area contributed by atoms with Crippen molar-refractivity contribution in [1.82, 2.24) is 0 Å². The molecule has 0 spiro atoms. The predicted molar refractivity (Wildman–Crippen MR) is 68.4 cm³/mol. The maximum atomic E-state index is 11.3. The first kappa shape index (κ1) is 12.5. The molecule has 0 bridgehead atoms. The zero-order chi connectivity index (χ0) is 11.3. The summed E-state index contributed by atoms with van der Waals surface area (Å²) in [6.07, 6.45) is 0.490. The molecule has 0 N–H and O–H groups in total. The van der Waals surface area contributed by atoms with Crippen LogP contribution in [0.1, 0.15) is 25.8 Å². The van der Waals surface area contributed by atoms with E-state index in [9.17, 15) is 4.79 Å². The largest absolute Gasteiger partial charge is 0.461 e. The molecule has 0 atom stereocenters. The fourth-order valence-corrected chi connectivity index (χ4v) is 1.50. The first-order chi connectivity index (χ1) is 7.08. The minimum atomic E-state index is -0.122. The van der Waals surface area contributed by atoms with Crippen LogP contribution in [-0.4, -0.2) is 5.97 Å². The van der Waals surface area contributed by atoms with E-state index in [1.165, 1.54) is 3.57 Å². The molecule has 0 fully saturated rings. The quantitative estimate of drug-likeness (QED) is 0.628. The number of ether oxygens (including phenoxy) is 1. The molecule has 0 aliphatic rings. The van der Waals surface area contributed by atoms with Gasteiger partial charge in [0.15, 0.2) is 0 Å². The van der Waals surface area contributed by atoms with Gasteiger partial charge in [0.1, 0.15) is 6.61 Å². The summed E-state index contributed by atoms with van der Waals surface area (Å²) in [7, 11) is 0. The number of hydrogen-bond acceptors (Lipinski definition) is 2. The molecule has 1 rings (SSSR count). The summed E-state index contributed by atoms with van der Waals surface area (Å²) in [5.74, 6) is 0.234. The first-order valence-electron chi connectivity index (χ1n) is 4.98. The summed E-state index contributed by atoms with van der Waals surface area (Å²) in [6.45, 7) is 4.39. The summed E-state index contributed by atoms with van der Waals surface area (Å²) in [5.41, 5.74) is 1.03. The van der Waals surface area contributed by atoms with Gasteiger partial charge in [-0.3, -0.25) is 4.79 Å². The summed E-state index contributed by atoms with van der Waals surface area (Å²) >= 11 is 2.25. The SMILES string of the molecule is CC(C)CC(=O)OCc1ccc(I)cc1. The molecular formula is C12H15IO2. The van der Waals surface area contributed by atoms with E-state index in [0.717, 1.165) is 5.56 Å². The van der Waals surface area contributed by atoms with Crippen molar-refractivity contribution in [2.75, 3.05) is 0 Å². The summed E-state index contributed by atoms with van der Waals surface area (Å²) in [5, 5.41) is 0. The highest BCUT2D eigenvalue weighted by Crippen LogP contribution is 2.09. The Hall–Kier alpha value is -0.580. The van der Waals surface area contributed by atoms with Gasteiger partial charge in [0.2, 0.25) is 0 Å². The molecule has 0 aliphatic heterocycles. The summed E-state index contributed by atoms with van der Waals surface area (Å²) in [6, 6.07) is 7.97. The fraction of sp³-hybridized carbons (Fsp3) is 0.417. The molecule has 0 saturated carbocycles. The molecule has 0 amide bonds. The third kappa shape index (κ3) is 5.16. The standard InChI is InChI=1S/C12H15IO2/c1-9(2)7-12(14)15-8-10-3-5-11(13)6-4-10/h3-6,9H,7-8H2,1-2H3. The van der Waals surface area contributed by atoms with Crippen molar-refractivity contribution < 1.29 is 9.53 Å². The number of esters is 1. The van der Waals surface area contributed by atoms with Gasteiger partial charge in [-0.2, -0.15) is 0 Å². The van der Waals surface area contributed by atoms with Gasteiger partial charge in [-0.25, -0.2) is 0 Å². The number of benzene rings is 1. The number of carbonyl (C=O) groups excluding carboxylic acids is 1. The van der Waals surface area contributed by atoms with E-state index >= 15 is 0 Å². The molecule has 0 aliphatic carbocycles. The van der Waals surface area contributed by atoms with Crippen LogP contribution in [0.5, 0.6) is 0 Å². The lowest BCUT2D eigenvalue weighted by Crippen LogP contribution is -2.07. The highest BCUT2D eigenvalue weighted by atomic mass is 127. The number of halogens is 1. The van der Waals surface area contributed by atoms with Crippen LogP contribution in [-0.2, 0) is 16.1 Å². The number of hydrogen-bond donors (Lipinski definition) is 0. The van der Waals surface area contributed by atoms with Gasteiger partial charge in [0, 0.05) is 9.99 Å². The van der Waals surface area contributed by atoms with Crippen LogP contribution in [0.25, 0.3) is 0 Å². The van der Waals surface area contributed by atoms with Crippen molar-refractivity contribution in [2.24, 2.45) is 5.92 Å². The normalized spacial score (nSPS) is 10.4. The molecule has 0 unspecified atom stereocenters. The zero-order valence-corrected chi connectivity index (χ0v) is 11.2. The van der Waals surface area contributed by atoms with Gasteiger partial charge in [-0.05, 0) is 46.2 Å². The highest BCUT2D eigenvalue weighted by Gasteiger charge is 2.05. The van der Waals surface area contributed by atoms with E-state index in [2.05, 4.69) is 22.6 Å². The second-order valence-electron chi connectivity index (χ2n) is 3.89. The van der Waals surface area contributed by atoms with Crippen LogP contribution in [0.2, 0.25) is 0 Å². The summed E-state index contributed by atoms with van der Waals surface area (Å²) in [4.78, 5) is 11.3. The average molecular weight is 318 g/mol. The van der Waals surface area contributed by atoms with Gasteiger partial charge in [0.05, 0.1) is 0 Å². The smallest absolute Gasteiger partial charge is 0.306 e. The van der Waals surface area contributed by atoms with Crippen molar-refractivity contribution in [3.8, 4) is 0 Å². The van der Waals surface area contributed by atoms with Crippen LogP contribution in [0.15, 0.2) is 24.3 Å². The molecule has 15 heavy (non-hydrogen) atoms. The van der Waals surface area contributed by atoms with Crippen LogP contribution in [0.4, 0.5) is 0 Å². The monoisotopic (exact) mass is 318 g/mol. The minimum absolute atomic E-state index is 0.122. The second kappa shape index (κ2) is 6.10. The lowest BCUT2D eigenvalue weighted by molar-refractivity contribution is -0.145. The lowest BCUT2D eigenvalue weighted by atomic mass is 10.1. The Labute approximate surface area is 104 Å². The molecule has 2 nitrogen and oxygen atoms in total. The molecule has 1 aromatic rings. The molecule has 0 heterocycles. The highest BCUT2D eigenvalue weighted by molar-refractivity contribution is 14.1. The van der Waals surface area contributed by atoms with E-state index in [-0.39, 0.29) is 5.97 Å². The summed E-state index contributed by atoms with van der Waals surface area (Å²) < 4.78 is 6.32. The second-order valence-corrected chi connectivity index (χ2v) is 5.13. The molecule has 0 radical (unpaired) electrons. The van der Waals surface area contributed by atoms with E-state index in [1.807, 2.05) is 38.1 Å². The van der Waals surface area contributed by atoms with E-state index < -0.39 is 0 Å². The van der Waals surface area contributed by atoms with Crippen molar-refractivity contribution in [2.45, 2.75) is 26.9 Å². The van der Waals surface area contributed by atoms with E-state index in [0.29, 0.717) is 18.9 Å². The Kier molecular flexibility index (Phi) is 5.08. The Balaban J connectivity index is 2.37. The third-order valence-electron chi connectivity index (χ3n) is 1.89. The Morgan fingerprint density at radius 3 is 2.47 bits per heavy atom.